The van der Waals surface area contributed by atoms with Crippen LogP contribution < -0.4 is 5.32 Å². The molecule has 0 unspecified atom stereocenters. The van der Waals surface area contributed by atoms with E-state index in [1.54, 1.807) is 18.2 Å². The summed E-state index contributed by atoms with van der Waals surface area (Å²) in [5.74, 6) is -0.265. The van der Waals surface area contributed by atoms with Crippen LogP contribution in [0, 0.1) is 10.1 Å². The molecule has 3 aromatic carbocycles. The van der Waals surface area contributed by atoms with Gasteiger partial charge in [-0.3, -0.25) is 14.9 Å². The molecule has 1 amide bonds. The first kappa shape index (κ1) is 19.0. The maximum atomic E-state index is 13.1. The lowest BCUT2D eigenvalue weighted by atomic mass is 10.0. The van der Waals surface area contributed by atoms with Gasteiger partial charge >= 0.3 is 0 Å². The molecule has 0 saturated carbocycles. The number of nitro benzene ring substituents is 1. The van der Waals surface area contributed by atoms with Crippen molar-refractivity contribution in [2.24, 2.45) is 0 Å². The van der Waals surface area contributed by atoms with Crippen LogP contribution in [-0.2, 0) is 11.2 Å². The molecule has 28 heavy (non-hydrogen) atoms. The van der Waals surface area contributed by atoms with Gasteiger partial charge in [0.15, 0.2) is 0 Å². The van der Waals surface area contributed by atoms with Crippen LogP contribution in [0.4, 0.5) is 11.4 Å². The monoisotopic (exact) mass is 372 g/mol. The Kier molecular flexibility index (Phi) is 5.97. The lowest BCUT2D eigenvalue weighted by Gasteiger charge is -2.12. The van der Waals surface area contributed by atoms with E-state index in [0.717, 1.165) is 23.2 Å². The number of aryl methyl sites for hydroxylation is 1. The molecule has 0 fully saturated rings. The fourth-order valence-electron chi connectivity index (χ4n) is 2.93. The number of non-ortho nitro benzene ring substituents is 1. The van der Waals surface area contributed by atoms with E-state index in [2.05, 4.69) is 5.32 Å². The molecule has 0 bridgehead atoms. The van der Waals surface area contributed by atoms with Crippen molar-refractivity contribution in [1.82, 2.24) is 0 Å². The minimum absolute atomic E-state index is 0.0158. The lowest BCUT2D eigenvalue weighted by Crippen LogP contribution is -2.14. The van der Waals surface area contributed by atoms with E-state index in [0.29, 0.717) is 11.1 Å². The number of anilines is 1. The summed E-state index contributed by atoms with van der Waals surface area (Å²) in [5, 5.41) is 14.0. The van der Waals surface area contributed by atoms with Crippen LogP contribution in [0.1, 0.15) is 23.6 Å². The van der Waals surface area contributed by atoms with Gasteiger partial charge in [0, 0.05) is 23.4 Å². The van der Waals surface area contributed by atoms with E-state index in [9.17, 15) is 14.9 Å². The molecule has 5 heteroatoms. The minimum Gasteiger partial charge on any atom is -0.322 e. The zero-order valence-electron chi connectivity index (χ0n) is 15.5. The molecular weight excluding hydrogens is 352 g/mol. The van der Waals surface area contributed by atoms with E-state index >= 15 is 0 Å². The Morgan fingerprint density at radius 3 is 2.43 bits per heavy atom. The molecule has 5 nitrogen and oxygen atoms in total. The highest BCUT2D eigenvalue weighted by molar-refractivity contribution is 6.29. The van der Waals surface area contributed by atoms with Gasteiger partial charge < -0.3 is 5.32 Å². The van der Waals surface area contributed by atoms with Gasteiger partial charge in [-0.1, -0.05) is 67.6 Å². The Morgan fingerprint density at radius 1 is 1.00 bits per heavy atom. The molecular formula is C23H20N2O3. The van der Waals surface area contributed by atoms with Crippen LogP contribution in [0.15, 0.2) is 78.9 Å². The van der Waals surface area contributed by atoms with Crippen molar-refractivity contribution >= 4 is 28.9 Å². The smallest absolute Gasteiger partial charge is 0.270 e. The van der Waals surface area contributed by atoms with Crippen molar-refractivity contribution in [2.75, 3.05) is 5.32 Å². The van der Waals surface area contributed by atoms with Gasteiger partial charge in [-0.05, 0) is 35.3 Å². The Morgan fingerprint density at radius 2 is 1.71 bits per heavy atom. The highest BCUT2D eigenvalue weighted by Crippen LogP contribution is 2.24. The number of hydrogen-bond acceptors (Lipinski definition) is 3. The van der Waals surface area contributed by atoms with Gasteiger partial charge in [-0.2, -0.15) is 0 Å². The van der Waals surface area contributed by atoms with Crippen LogP contribution >= 0.6 is 0 Å². The summed E-state index contributed by atoms with van der Waals surface area (Å²) in [7, 11) is 0. The van der Waals surface area contributed by atoms with Crippen molar-refractivity contribution in [1.29, 1.82) is 0 Å². The first-order chi connectivity index (χ1) is 13.6. The number of nitro groups is 1. The molecule has 0 atom stereocenters. The second kappa shape index (κ2) is 8.77. The average molecular weight is 372 g/mol. The van der Waals surface area contributed by atoms with Crippen molar-refractivity contribution in [2.45, 2.75) is 13.3 Å². The van der Waals surface area contributed by atoms with Crippen LogP contribution in [0.25, 0.3) is 11.6 Å². The third kappa shape index (κ3) is 4.51. The van der Waals surface area contributed by atoms with Gasteiger partial charge in [-0.25, -0.2) is 0 Å². The highest BCUT2D eigenvalue weighted by atomic mass is 16.6. The number of nitrogens with one attached hydrogen (secondary N) is 1. The fraction of sp³-hybridized carbons (Fsp3) is 0.0870. The number of nitrogens with zero attached hydrogens (tertiary/aromatic N) is 1. The van der Waals surface area contributed by atoms with Crippen LogP contribution in [0.2, 0.25) is 0 Å². The van der Waals surface area contributed by atoms with Crippen LogP contribution in [-0.4, -0.2) is 10.8 Å². The molecule has 0 heterocycles. The number of rotatable bonds is 6. The number of benzene rings is 3. The fourth-order valence-corrected chi connectivity index (χ4v) is 2.93. The van der Waals surface area contributed by atoms with Gasteiger partial charge in [-0.15, -0.1) is 0 Å². The van der Waals surface area contributed by atoms with Gasteiger partial charge in [0.25, 0.3) is 11.6 Å². The number of carbonyl (C=O) groups excluding carboxylic acids is 1. The summed E-state index contributed by atoms with van der Waals surface area (Å²) in [6, 6.07) is 23.1. The summed E-state index contributed by atoms with van der Waals surface area (Å²) in [4.78, 5) is 23.7. The predicted molar refractivity (Wildman–Crippen MR) is 112 cm³/mol. The van der Waals surface area contributed by atoms with Crippen molar-refractivity contribution in [3.63, 3.8) is 0 Å². The summed E-state index contributed by atoms with van der Waals surface area (Å²) < 4.78 is 0. The maximum absolute atomic E-state index is 13.1. The second-order valence-corrected chi connectivity index (χ2v) is 6.24. The third-order valence-corrected chi connectivity index (χ3v) is 4.37. The van der Waals surface area contributed by atoms with E-state index in [4.69, 9.17) is 0 Å². The number of hydrogen-bond donors (Lipinski definition) is 1. The molecule has 0 aromatic heterocycles. The molecule has 1 N–H and O–H groups in total. The Balaban J connectivity index is 2.01. The first-order valence-corrected chi connectivity index (χ1v) is 8.99. The van der Waals surface area contributed by atoms with E-state index in [1.165, 1.54) is 12.1 Å². The number of amides is 1. The van der Waals surface area contributed by atoms with Crippen LogP contribution in [0.5, 0.6) is 0 Å². The molecule has 0 aliphatic carbocycles. The summed E-state index contributed by atoms with van der Waals surface area (Å²) in [5.41, 5.74) is 3.55. The standard InChI is InChI=1S/C23H20N2O3/c1-2-18-10-6-7-14-22(18)24-23(26)21(19-11-4-3-5-12-19)16-17-9-8-13-20(15-17)25(27)28/h3-16H,2H2,1H3,(H,24,26)/b21-16+. The molecule has 0 aliphatic rings. The Bertz CT molecular complexity index is 1030. The van der Waals surface area contributed by atoms with Crippen molar-refractivity contribution in [3.05, 3.63) is 106 Å². The summed E-state index contributed by atoms with van der Waals surface area (Å²) in [6.45, 7) is 2.03. The normalized spacial score (nSPS) is 11.1. The van der Waals surface area contributed by atoms with Crippen LogP contribution in [0.3, 0.4) is 0 Å². The van der Waals surface area contributed by atoms with Crippen molar-refractivity contribution < 1.29 is 9.72 Å². The predicted octanol–water partition coefficient (Wildman–Crippen LogP) is 5.34. The number of carbonyl (C=O) groups is 1. The van der Waals surface area contributed by atoms with Gasteiger partial charge in [0.05, 0.1) is 4.92 Å². The second-order valence-electron chi connectivity index (χ2n) is 6.24. The summed E-state index contributed by atoms with van der Waals surface area (Å²) in [6.07, 6.45) is 2.47. The molecule has 0 spiro atoms. The highest BCUT2D eigenvalue weighted by Gasteiger charge is 2.14. The molecule has 140 valence electrons. The third-order valence-electron chi connectivity index (χ3n) is 4.37. The van der Waals surface area contributed by atoms with E-state index < -0.39 is 4.92 Å². The Labute approximate surface area is 163 Å². The van der Waals surface area contributed by atoms with E-state index in [1.807, 2.05) is 61.5 Å². The Hall–Kier alpha value is -3.73. The molecule has 0 saturated heterocycles. The first-order valence-electron chi connectivity index (χ1n) is 8.99. The zero-order chi connectivity index (χ0) is 19.9. The molecule has 0 radical (unpaired) electrons. The number of para-hydroxylation sites is 1. The average Bonchev–Trinajstić information content (AvgIpc) is 2.73. The molecule has 0 aliphatic heterocycles. The quantitative estimate of drug-likeness (QED) is 0.275. The summed E-state index contributed by atoms with van der Waals surface area (Å²) >= 11 is 0. The van der Waals surface area contributed by atoms with Gasteiger partial charge in [0.2, 0.25) is 0 Å². The maximum Gasteiger partial charge on any atom is 0.270 e. The minimum atomic E-state index is -0.447. The SMILES string of the molecule is CCc1ccccc1NC(=O)/C(=C/c1cccc([N+](=O)[O-])c1)c1ccccc1. The van der Waals surface area contributed by atoms with Crippen molar-refractivity contribution in [3.8, 4) is 0 Å². The lowest BCUT2D eigenvalue weighted by molar-refractivity contribution is -0.384. The van der Waals surface area contributed by atoms with E-state index in [-0.39, 0.29) is 11.6 Å². The topological polar surface area (TPSA) is 72.2 Å². The zero-order valence-corrected chi connectivity index (χ0v) is 15.5. The molecule has 3 aromatic rings. The molecule has 3 rings (SSSR count). The largest absolute Gasteiger partial charge is 0.322 e. The van der Waals surface area contributed by atoms with Gasteiger partial charge in [0.1, 0.15) is 0 Å².